The number of nitrogens with one attached hydrogen (secondary N) is 2. The summed E-state index contributed by atoms with van der Waals surface area (Å²) in [5.41, 5.74) is 7.45. The van der Waals surface area contributed by atoms with Crippen molar-refractivity contribution in [3.8, 4) is 11.8 Å². The van der Waals surface area contributed by atoms with Crippen molar-refractivity contribution in [2.75, 3.05) is 11.4 Å². The van der Waals surface area contributed by atoms with Crippen molar-refractivity contribution in [1.29, 1.82) is 10.7 Å². The fraction of sp³-hybridized carbons (Fsp3) is 0.0625. The molecule has 0 aliphatic rings. The SMILES string of the molecule is N#C/C(=N\Nc1ccccc1S(=O)(=O)COc1ccccc1)C(=N)N. The van der Waals surface area contributed by atoms with Gasteiger partial charge in [0.15, 0.2) is 11.8 Å². The van der Waals surface area contributed by atoms with Crippen LogP contribution in [0.3, 0.4) is 0 Å². The monoisotopic (exact) mass is 357 g/mol. The zero-order chi connectivity index (χ0) is 18.3. The molecule has 0 radical (unpaired) electrons. The third-order valence-corrected chi connectivity index (χ3v) is 4.45. The van der Waals surface area contributed by atoms with E-state index in [1.807, 2.05) is 0 Å². The van der Waals surface area contributed by atoms with Gasteiger partial charge in [-0.3, -0.25) is 10.8 Å². The molecular weight excluding hydrogens is 342 g/mol. The van der Waals surface area contributed by atoms with Gasteiger partial charge in [-0.2, -0.15) is 10.4 Å². The number of anilines is 1. The molecule has 0 saturated carbocycles. The number of para-hydroxylation sites is 2. The molecule has 2 aromatic carbocycles. The van der Waals surface area contributed by atoms with E-state index in [9.17, 15) is 8.42 Å². The van der Waals surface area contributed by atoms with E-state index >= 15 is 0 Å². The van der Waals surface area contributed by atoms with Gasteiger partial charge in [0.05, 0.1) is 10.6 Å². The van der Waals surface area contributed by atoms with E-state index < -0.39 is 21.6 Å². The molecule has 0 atom stereocenters. The Labute approximate surface area is 145 Å². The van der Waals surface area contributed by atoms with Crippen LogP contribution in [0.15, 0.2) is 64.6 Å². The molecule has 0 unspecified atom stereocenters. The molecule has 0 aliphatic heterocycles. The Morgan fingerprint density at radius 3 is 2.48 bits per heavy atom. The van der Waals surface area contributed by atoms with Gasteiger partial charge in [-0.05, 0) is 24.3 Å². The molecule has 9 heteroatoms. The highest BCUT2D eigenvalue weighted by atomic mass is 32.2. The van der Waals surface area contributed by atoms with Crippen molar-refractivity contribution >= 4 is 27.1 Å². The lowest BCUT2D eigenvalue weighted by atomic mass is 10.3. The van der Waals surface area contributed by atoms with Crippen molar-refractivity contribution in [2.24, 2.45) is 10.8 Å². The minimum Gasteiger partial charge on any atom is -0.477 e. The molecule has 2 rings (SSSR count). The third-order valence-electron chi connectivity index (χ3n) is 3.00. The fourth-order valence-corrected chi connectivity index (χ4v) is 2.97. The normalized spacial score (nSPS) is 11.4. The summed E-state index contributed by atoms with van der Waals surface area (Å²) < 4.78 is 30.4. The van der Waals surface area contributed by atoms with Crippen LogP contribution in [-0.2, 0) is 9.84 Å². The second-order valence-corrected chi connectivity index (χ2v) is 6.69. The summed E-state index contributed by atoms with van der Waals surface area (Å²) in [4.78, 5) is -0.0458. The molecule has 0 bridgehead atoms. The van der Waals surface area contributed by atoms with Gasteiger partial charge < -0.3 is 10.5 Å². The number of sulfone groups is 1. The van der Waals surface area contributed by atoms with Gasteiger partial charge in [-0.15, -0.1) is 0 Å². The van der Waals surface area contributed by atoms with Crippen LogP contribution in [0.1, 0.15) is 0 Å². The zero-order valence-corrected chi connectivity index (χ0v) is 13.8. The summed E-state index contributed by atoms with van der Waals surface area (Å²) >= 11 is 0. The van der Waals surface area contributed by atoms with Crippen LogP contribution in [0.5, 0.6) is 5.75 Å². The van der Waals surface area contributed by atoms with Crippen LogP contribution in [0, 0.1) is 16.7 Å². The van der Waals surface area contributed by atoms with E-state index in [1.54, 1.807) is 48.5 Å². The highest BCUT2D eigenvalue weighted by molar-refractivity contribution is 7.91. The Hall–Kier alpha value is -3.38. The molecule has 0 fully saturated rings. The van der Waals surface area contributed by atoms with Gasteiger partial charge >= 0.3 is 0 Å². The highest BCUT2D eigenvalue weighted by Gasteiger charge is 2.19. The Morgan fingerprint density at radius 2 is 1.84 bits per heavy atom. The summed E-state index contributed by atoms with van der Waals surface area (Å²) in [5, 5.41) is 19.7. The van der Waals surface area contributed by atoms with Gasteiger partial charge in [-0.1, -0.05) is 30.3 Å². The number of hydrogen-bond donors (Lipinski definition) is 3. The third kappa shape index (κ3) is 4.79. The first-order valence-electron chi connectivity index (χ1n) is 7.02. The van der Waals surface area contributed by atoms with Crippen molar-refractivity contribution < 1.29 is 13.2 Å². The van der Waals surface area contributed by atoms with Crippen molar-refractivity contribution in [1.82, 2.24) is 0 Å². The first-order chi connectivity index (χ1) is 11.9. The molecule has 8 nitrogen and oxygen atoms in total. The second kappa shape index (κ2) is 7.94. The van der Waals surface area contributed by atoms with Crippen LogP contribution >= 0.6 is 0 Å². The predicted octanol–water partition coefficient (Wildman–Crippen LogP) is 1.72. The summed E-state index contributed by atoms with van der Waals surface area (Å²) in [5.74, 6) is -0.655. The van der Waals surface area contributed by atoms with E-state index in [0.717, 1.165) is 0 Å². The first-order valence-corrected chi connectivity index (χ1v) is 8.67. The Morgan fingerprint density at radius 1 is 1.20 bits per heavy atom. The van der Waals surface area contributed by atoms with E-state index in [2.05, 4.69) is 10.5 Å². The Bertz CT molecular complexity index is 934. The summed E-state index contributed by atoms with van der Waals surface area (Å²) in [6, 6.07) is 16.2. The number of hydrazone groups is 1. The molecule has 128 valence electrons. The van der Waals surface area contributed by atoms with Gasteiger partial charge in [-0.25, -0.2) is 8.42 Å². The molecule has 25 heavy (non-hydrogen) atoms. The Balaban J connectivity index is 2.24. The lowest BCUT2D eigenvalue weighted by Crippen LogP contribution is -2.22. The van der Waals surface area contributed by atoms with E-state index in [1.165, 1.54) is 12.1 Å². The van der Waals surface area contributed by atoms with Gasteiger partial charge in [0.2, 0.25) is 15.5 Å². The average Bonchev–Trinajstić information content (AvgIpc) is 2.61. The van der Waals surface area contributed by atoms with Crippen molar-refractivity contribution in [3.63, 3.8) is 0 Å². The van der Waals surface area contributed by atoms with E-state index in [4.69, 9.17) is 21.1 Å². The van der Waals surface area contributed by atoms with Crippen LogP contribution in [-0.4, -0.2) is 25.9 Å². The minimum absolute atomic E-state index is 0.0458. The molecule has 0 saturated heterocycles. The topological polar surface area (TPSA) is 141 Å². The summed E-state index contributed by atoms with van der Waals surface area (Å²) in [7, 11) is -3.79. The maximum Gasteiger partial charge on any atom is 0.215 e. The molecule has 0 amide bonds. The Kier molecular flexibility index (Phi) is 5.71. The zero-order valence-electron chi connectivity index (χ0n) is 13.0. The number of amidine groups is 1. The van der Waals surface area contributed by atoms with Gasteiger partial charge in [0.1, 0.15) is 11.8 Å². The van der Waals surface area contributed by atoms with E-state index in [0.29, 0.717) is 5.75 Å². The maximum absolute atomic E-state index is 12.5. The number of hydrogen-bond acceptors (Lipinski definition) is 7. The molecule has 0 heterocycles. The second-order valence-electron chi connectivity index (χ2n) is 4.78. The summed E-state index contributed by atoms with van der Waals surface area (Å²) in [6.07, 6.45) is 0. The lowest BCUT2D eigenvalue weighted by Gasteiger charge is -2.11. The van der Waals surface area contributed by atoms with Crippen LogP contribution in [0.4, 0.5) is 5.69 Å². The highest BCUT2D eigenvalue weighted by Crippen LogP contribution is 2.23. The number of nitriles is 1. The maximum atomic E-state index is 12.5. The van der Waals surface area contributed by atoms with Crippen molar-refractivity contribution in [3.05, 3.63) is 54.6 Å². The standard InChI is InChI=1S/C16H15N5O3S/c17-10-14(16(18)19)21-20-13-8-4-5-9-15(13)25(22,23)11-24-12-6-2-1-3-7-12/h1-9,20H,11H2,(H3,18,19)/b21-14+. The quantitative estimate of drug-likeness (QED) is 0.391. The van der Waals surface area contributed by atoms with Crippen LogP contribution < -0.4 is 15.9 Å². The summed E-state index contributed by atoms with van der Waals surface area (Å²) in [6.45, 7) is 0. The fourth-order valence-electron chi connectivity index (χ4n) is 1.82. The molecular formula is C16H15N5O3S. The van der Waals surface area contributed by atoms with Crippen LogP contribution in [0.25, 0.3) is 0 Å². The number of benzene rings is 2. The minimum atomic E-state index is -3.79. The average molecular weight is 357 g/mol. The smallest absolute Gasteiger partial charge is 0.215 e. The van der Waals surface area contributed by atoms with Gasteiger partial charge in [0, 0.05) is 0 Å². The van der Waals surface area contributed by atoms with E-state index in [-0.39, 0.29) is 16.3 Å². The van der Waals surface area contributed by atoms with Crippen molar-refractivity contribution in [2.45, 2.75) is 4.90 Å². The number of nitrogens with two attached hydrogens (primary N) is 1. The van der Waals surface area contributed by atoms with Gasteiger partial charge in [0.25, 0.3) is 0 Å². The molecule has 4 N–H and O–H groups in total. The largest absolute Gasteiger partial charge is 0.477 e. The number of ether oxygens (including phenoxy) is 1. The molecule has 2 aromatic rings. The number of nitrogens with zero attached hydrogens (tertiary/aromatic N) is 2. The predicted molar refractivity (Wildman–Crippen MR) is 94.1 cm³/mol. The lowest BCUT2D eigenvalue weighted by molar-refractivity contribution is 0.376. The molecule has 0 spiro atoms. The van der Waals surface area contributed by atoms with Crippen LogP contribution in [0.2, 0.25) is 0 Å². The molecule has 0 aliphatic carbocycles. The number of rotatable bonds is 7. The first kappa shape index (κ1) is 18.0. The molecule has 0 aromatic heterocycles.